The van der Waals surface area contributed by atoms with Crippen molar-refractivity contribution in [3.05, 3.63) is 41.4 Å². The van der Waals surface area contributed by atoms with E-state index in [4.69, 9.17) is 0 Å². The van der Waals surface area contributed by atoms with Gasteiger partial charge in [0.2, 0.25) is 5.91 Å². The molecule has 1 aromatic heterocycles. The van der Waals surface area contributed by atoms with Crippen LogP contribution in [0.4, 0.5) is 0 Å². The summed E-state index contributed by atoms with van der Waals surface area (Å²) < 4.78 is 0. The lowest BCUT2D eigenvalue weighted by Gasteiger charge is -2.07. The van der Waals surface area contributed by atoms with Crippen molar-refractivity contribution in [2.75, 3.05) is 13.1 Å². The standard InChI is InChI=1S/C16H19N3O2S/c1-11(2)14(20)17-8-9-18-15(21)13-10-22-16(19-13)12-6-4-3-5-7-12/h3-7,10-11H,8-9H2,1-2H3,(H,17,20)(H,18,21). The number of rotatable bonds is 6. The van der Waals surface area contributed by atoms with Gasteiger partial charge in [0.25, 0.3) is 5.91 Å². The van der Waals surface area contributed by atoms with Gasteiger partial charge in [-0.3, -0.25) is 9.59 Å². The number of hydrogen-bond acceptors (Lipinski definition) is 4. The number of thiazole rings is 1. The molecular weight excluding hydrogens is 298 g/mol. The van der Waals surface area contributed by atoms with Gasteiger partial charge in [0.1, 0.15) is 10.7 Å². The van der Waals surface area contributed by atoms with Crippen molar-refractivity contribution in [3.8, 4) is 10.6 Å². The fraction of sp³-hybridized carbons (Fsp3) is 0.312. The lowest BCUT2D eigenvalue weighted by atomic mass is 10.2. The fourth-order valence-electron chi connectivity index (χ4n) is 1.75. The first-order valence-electron chi connectivity index (χ1n) is 7.15. The Kier molecular flexibility index (Phi) is 5.66. The van der Waals surface area contributed by atoms with Gasteiger partial charge in [-0.25, -0.2) is 4.98 Å². The molecule has 1 heterocycles. The molecule has 6 heteroatoms. The first-order valence-corrected chi connectivity index (χ1v) is 8.02. The van der Waals surface area contributed by atoms with Gasteiger partial charge in [-0.05, 0) is 0 Å². The lowest BCUT2D eigenvalue weighted by molar-refractivity contribution is -0.123. The van der Waals surface area contributed by atoms with E-state index in [1.54, 1.807) is 5.38 Å². The number of nitrogens with one attached hydrogen (secondary N) is 2. The van der Waals surface area contributed by atoms with E-state index >= 15 is 0 Å². The zero-order chi connectivity index (χ0) is 15.9. The zero-order valence-corrected chi connectivity index (χ0v) is 13.4. The highest BCUT2D eigenvalue weighted by Gasteiger charge is 2.11. The predicted molar refractivity (Wildman–Crippen MR) is 87.7 cm³/mol. The van der Waals surface area contributed by atoms with Crippen LogP contribution in [0.25, 0.3) is 10.6 Å². The summed E-state index contributed by atoms with van der Waals surface area (Å²) in [4.78, 5) is 27.7. The molecule has 22 heavy (non-hydrogen) atoms. The highest BCUT2D eigenvalue weighted by molar-refractivity contribution is 7.13. The fourth-order valence-corrected chi connectivity index (χ4v) is 2.55. The Labute approximate surface area is 133 Å². The first kappa shape index (κ1) is 16.2. The molecule has 0 spiro atoms. The second kappa shape index (κ2) is 7.70. The van der Waals surface area contributed by atoms with Crippen molar-refractivity contribution in [3.63, 3.8) is 0 Å². The predicted octanol–water partition coefficient (Wildman–Crippen LogP) is 2.31. The molecule has 2 amide bonds. The highest BCUT2D eigenvalue weighted by Crippen LogP contribution is 2.23. The maximum absolute atomic E-state index is 12.0. The van der Waals surface area contributed by atoms with Crippen LogP contribution in [0.1, 0.15) is 24.3 Å². The molecule has 0 fully saturated rings. The summed E-state index contributed by atoms with van der Waals surface area (Å²) in [5.74, 6) is -0.297. The van der Waals surface area contributed by atoms with Crippen molar-refractivity contribution >= 4 is 23.2 Å². The molecule has 0 aliphatic heterocycles. The molecule has 116 valence electrons. The highest BCUT2D eigenvalue weighted by atomic mass is 32.1. The molecule has 2 rings (SSSR count). The number of aromatic nitrogens is 1. The summed E-state index contributed by atoms with van der Waals surface area (Å²) in [6.45, 7) is 4.45. The summed E-state index contributed by atoms with van der Waals surface area (Å²) >= 11 is 1.44. The molecule has 5 nitrogen and oxygen atoms in total. The first-order chi connectivity index (χ1) is 10.6. The van der Waals surface area contributed by atoms with Gasteiger partial charge in [0, 0.05) is 30.0 Å². The molecule has 0 saturated heterocycles. The molecular formula is C16H19N3O2S. The minimum Gasteiger partial charge on any atom is -0.354 e. The van der Waals surface area contributed by atoms with E-state index in [0.29, 0.717) is 18.8 Å². The van der Waals surface area contributed by atoms with Crippen molar-refractivity contribution in [1.29, 1.82) is 0 Å². The lowest BCUT2D eigenvalue weighted by Crippen LogP contribution is -2.36. The van der Waals surface area contributed by atoms with Crippen molar-refractivity contribution in [1.82, 2.24) is 15.6 Å². The normalized spacial score (nSPS) is 10.5. The van der Waals surface area contributed by atoms with Crippen LogP contribution in [0.3, 0.4) is 0 Å². The number of amides is 2. The summed E-state index contributed by atoms with van der Waals surface area (Å²) in [5, 5.41) is 8.06. The van der Waals surface area contributed by atoms with Crippen molar-refractivity contribution < 1.29 is 9.59 Å². The van der Waals surface area contributed by atoms with Crippen LogP contribution in [0, 0.1) is 5.92 Å². The van der Waals surface area contributed by atoms with E-state index in [2.05, 4.69) is 15.6 Å². The quantitative estimate of drug-likeness (QED) is 0.803. The van der Waals surface area contributed by atoms with E-state index < -0.39 is 0 Å². The van der Waals surface area contributed by atoms with Crippen LogP contribution in [-0.4, -0.2) is 29.9 Å². The van der Waals surface area contributed by atoms with Gasteiger partial charge in [-0.15, -0.1) is 11.3 Å². The van der Waals surface area contributed by atoms with Crippen LogP contribution >= 0.6 is 11.3 Å². The van der Waals surface area contributed by atoms with E-state index in [1.807, 2.05) is 44.2 Å². The van der Waals surface area contributed by atoms with Crippen molar-refractivity contribution in [2.24, 2.45) is 5.92 Å². The van der Waals surface area contributed by atoms with Crippen LogP contribution in [0.2, 0.25) is 0 Å². The van der Waals surface area contributed by atoms with Crippen molar-refractivity contribution in [2.45, 2.75) is 13.8 Å². The van der Waals surface area contributed by atoms with Crippen LogP contribution in [0.15, 0.2) is 35.7 Å². The average molecular weight is 317 g/mol. The summed E-state index contributed by atoms with van der Waals surface area (Å²) in [6.07, 6.45) is 0. The second-order valence-electron chi connectivity index (χ2n) is 5.11. The van der Waals surface area contributed by atoms with E-state index in [1.165, 1.54) is 11.3 Å². The number of hydrogen-bond donors (Lipinski definition) is 2. The molecule has 0 atom stereocenters. The number of benzene rings is 1. The Hall–Kier alpha value is -2.21. The Morgan fingerprint density at radius 2 is 1.82 bits per heavy atom. The SMILES string of the molecule is CC(C)C(=O)NCCNC(=O)c1csc(-c2ccccc2)n1. The second-order valence-corrected chi connectivity index (χ2v) is 5.96. The molecule has 0 saturated carbocycles. The number of carbonyl (C=O) groups excluding carboxylic acids is 2. The molecule has 0 unspecified atom stereocenters. The van der Waals surface area contributed by atoms with Gasteiger partial charge < -0.3 is 10.6 Å². The monoisotopic (exact) mass is 317 g/mol. The molecule has 0 aliphatic rings. The number of carbonyl (C=O) groups is 2. The molecule has 1 aromatic carbocycles. The van der Waals surface area contributed by atoms with Gasteiger partial charge in [-0.2, -0.15) is 0 Å². The Morgan fingerprint density at radius 3 is 2.50 bits per heavy atom. The van der Waals surface area contributed by atoms with Crippen LogP contribution in [0.5, 0.6) is 0 Å². The van der Waals surface area contributed by atoms with Crippen LogP contribution in [-0.2, 0) is 4.79 Å². The third-order valence-corrected chi connectivity index (χ3v) is 3.88. The topological polar surface area (TPSA) is 71.1 Å². The minimum atomic E-state index is -0.225. The summed E-state index contributed by atoms with van der Waals surface area (Å²) in [6, 6.07) is 9.74. The molecule has 0 aliphatic carbocycles. The number of nitrogens with zero attached hydrogens (tertiary/aromatic N) is 1. The molecule has 0 bridgehead atoms. The van der Waals surface area contributed by atoms with Gasteiger partial charge in [0.05, 0.1) is 0 Å². The van der Waals surface area contributed by atoms with Gasteiger partial charge in [0.15, 0.2) is 0 Å². The Bertz CT molecular complexity index is 638. The summed E-state index contributed by atoms with van der Waals surface area (Å²) in [5.41, 5.74) is 1.40. The van der Waals surface area contributed by atoms with E-state index in [0.717, 1.165) is 10.6 Å². The maximum Gasteiger partial charge on any atom is 0.270 e. The Balaban J connectivity index is 1.84. The smallest absolute Gasteiger partial charge is 0.270 e. The van der Waals surface area contributed by atoms with Gasteiger partial charge >= 0.3 is 0 Å². The minimum absolute atomic E-state index is 0.0192. The van der Waals surface area contributed by atoms with Gasteiger partial charge in [-0.1, -0.05) is 44.2 Å². The largest absolute Gasteiger partial charge is 0.354 e. The average Bonchev–Trinajstić information content (AvgIpc) is 3.02. The molecule has 0 radical (unpaired) electrons. The molecule has 2 N–H and O–H groups in total. The third-order valence-electron chi connectivity index (χ3n) is 2.99. The van der Waals surface area contributed by atoms with E-state index in [9.17, 15) is 9.59 Å². The third kappa shape index (κ3) is 4.39. The Morgan fingerprint density at radius 1 is 1.14 bits per heavy atom. The van der Waals surface area contributed by atoms with E-state index in [-0.39, 0.29) is 17.7 Å². The maximum atomic E-state index is 12.0. The van der Waals surface area contributed by atoms with Crippen LogP contribution < -0.4 is 10.6 Å². The summed E-state index contributed by atoms with van der Waals surface area (Å²) in [7, 11) is 0. The molecule has 2 aromatic rings. The zero-order valence-electron chi connectivity index (χ0n) is 12.6.